The third-order valence-electron chi connectivity index (χ3n) is 2.52. The summed E-state index contributed by atoms with van der Waals surface area (Å²) >= 11 is 0. The van der Waals surface area contributed by atoms with Gasteiger partial charge >= 0.3 is 0 Å². The first-order valence-electron chi connectivity index (χ1n) is 6.84. The van der Waals surface area contributed by atoms with Gasteiger partial charge in [-0.15, -0.1) is 9.24 Å². The van der Waals surface area contributed by atoms with Crippen molar-refractivity contribution in [1.29, 1.82) is 0 Å². The van der Waals surface area contributed by atoms with Crippen LogP contribution in [0.2, 0.25) is 0 Å². The molecule has 0 aromatic heterocycles. The zero-order valence-electron chi connectivity index (χ0n) is 10.9. The van der Waals surface area contributed by atoms with Gasteiger partial charge in [0, 0.05) is 13.2 Å². The number of hydrogen-bond donors (Lipinski definition) is 0. The van der Waals surface area contributed by atoms with Crippen molar-refractivity contribution in [3.63, 3.8) is 0 Å². The number of unbranched alkanes of at least 4 members (excludes halogenated alkanes) is 5. The van der Waals surface area contributed by atoms with Crippen molar-refractivity contribution >= 4 is 9.24 Å². The Bertz CT molecular complexity index is 146. The van der Waals surface area contributed by atoms with Crippen LogP contribution in [-0.4, -0.2) is 19.4 Å². The summed E-state index contributed by atoms with van der Waals surface area (Å²) in [6.07, 6.45) is 15.9. The topological polar surface area (TPSA) is 9.23 Å². The molecule has 0 aliphatic heterocycles. The Morgan fingerprint density at radius 2 is 1.56 bits per heavy atom. The maximum Gasteiger partial charge on any atom is 0.0466 e. The molecule has 0 rings (SSSR count). The highest BCUT2D eigenvalue weighted by Gasteiger charge is 1.90. The number of rotatable bonds is 12. The highest BCUT2D eigenvalue weighted by molar-refractivity contribution is 7.16. The van der Waals surface area contributed by atoms with Gasteiger partial charge in [-0.1, -0.05) is 31.9 Å². The van der Waals surface area contributed by atoms with Crippen molar-refractivity contribution in [3.8, 4) is 0 Å². The number of hydrogen-bond acceptors (Lipinski definition) is 1. The second kappa shape index (κ2) is 15.1. The second-order valence-corrected chi connectivity index (χ2v) is 4.79. The predicted octanol–water partition coefficient (Wildman–Crippen LogP) is 4.58. The van der Waals surface area contributed by atoms with Gasteiger partial charge in [0.15, 0.2) is 0 Å². The maximum absolute atomic E-state index is 5.58. The van der Waals surface area contributed by atoms with Crippen LogP contribution < -0.4 is 0 Å². The minimum Gasteiger partial charge on any atom is -0.381 e. The van der Waals surface area contributed by atoms with Gasteiger partial charge in [-0.2, -0.15) is 0 Å². The molecular weight excluding hydrogens is 215 g/mol. The number of allylic oxidation sites excluding steroid dienone is 2. The van der Waals surface area contributed by atoms with Crippen LogP contribution >= 0.6 is 9.24 Å². The van der Waals surface area contributed by atoms with Crippen molar-refractivity contribution in [3.05, 3.63) is 12.2 Å². The summed E-state index contributed by atoms with van der Waals surface area (Å²) in [5.41, 5.74) is 0. The Hall–Kier alpha value is 0.130. The first-order valence-corrected chi connectivity index (χ1v) is 7.66. The minimum absolute atomic E-state index is 0.947. The van der Waals surface area contributed by atoms with Gasteiger partial charge in [0.2, 0.25) is 0 Å². The fraction of sp³-hybridized carbons (Fsp3) is 0.857. The highest BCUT2D eigenvalue weighted by atomic mass is 31.0. The molecule has 0 aromatic rings. The van der Waals surface area contributed by atoms with E-state index in [4.69, 9.17) is 4.74 Å². The van der Waals surface area contributed by atoms with Crippen molar-refractivity contribution in [2.45, 2.75) is 58.3 Å². The van der Waals surface area contributed by atoms with Crippen molar-refractivity contribution < 1.29 is 4.74 Å². The second-order valence-electron chi connectivity index (χ2n) is 4.22. The standard InChI is InChI=1S/C14H29OP/c1-2-3-4-5-6-7-9-12-15-13-10-8-11-14-16/h4-5H,2-3,6-14,16H2,1H3. The van der Waals surface area contributed by atoms with E-state index in [1.807, 2.05) is 0 Å². The van der Waals surface area contributed by atoms with Crippen LogP contribution in [0.3, 0.4) is 0 Å². The molecule has 16 heavy (non-hydrogen) atoms. The summed E-state index contributed by atoms with van der Waals surface area (Å²) in [5.74, 6) is 0. The number of ether oxygens (including phenoxy) is 1. The van der Waals surface area contributed by atoms with E-state index >= 15 is 0 Å². The van der Waals surface area contributed by atoms with Crippen LogP contribution in [0.15, 0.2) is 12.2 Å². The normalized spacial score (nSPS) is 11.4. The summed E-state index contributed by atoms with van der Waals surface area (Å²) < 4.78 is 5.58. The molecule has 1 nitrogen and oxygen atoms in total. The third-order valence-corrected chi connectivity index (χ3v) is 2.93. The Morgan fingerprint density at radius 1 is 0.875 bits per heavy atom. The lowest BCUT2D eigenvalue weighted by atomic mass is 10.2. The molecule has 0 aliphatic rings. The lowest BCUT2D eigenvalue weighted by molar-refractivity contribution is 0.127. The van der Waals surface area contributed by atoms with Crippen LogP contribution in [-0.2, 0) is 4.74 Å². The Labute approximate surface area is 104 Å². The van der Waals surface area contributed by atoms with Crippen LogP contribution in [0.25, 0.3) is 0 Å². The van der Waals surface area contributed by atoms with E-state index in [1.165, 1.54) is 57.5 Å². The lowest BCUT2D eigenvalue weighted by Crippen LogP contribution is -1.97. The molecule has 0 saturated carbocycles. The minimum atomic E-state index is 0.947. The van der Waals surface area contributed by atoms with Crippen molar-refractivity contribution in [1.82, 2.24) is 0 Å². The average molecular weight is 244 g/mol. The summed E-state index contributed by atoms with van der Waals surface area (Å²) in [6.45, 7) is 4.12. The van der Waals surface area contributed by atoms with Gasteiger partial charge in [0.05, 0.1) is 0 Å². The molecular formula is C14H29OP. The van der Waals surface area contributed by atoms with E-state index in [2.05, 4.69) is 28.3 Å². The summed E-state index contributed by atoms with van der Waals surface area (Å²) in [5, 5.41) is 0. The van der Waals surface area contributed by atoms with Gasteiger partial charge < -0.3 is 4.74 Å². The Morgan fingerprint density at radius 3 is 2.25 bits per heavy atom. The van der Waals surface area contributed by atoms with Gasteiger partial charge in [-0.25, -0.2) is 0 Å². The van der Waals surface area contributed by atoms with E-state index in [9.17, 15) is 0 Å². The molecule has 0 saturated heterocycles. The maximum atomic E-state index is 5.58. The smallest absolute Gasteiger partial charge is 0.0466 e. The average Bonchev–Trinajstić information content (AvgIpc) is 2.31. The fourth-order valence-electron chi connectivity index (χ4n) is 1.50. The van der Waals surface area contributed by atoms with Gasteiger partial charge in [0.1, 0.15) is 0 Å². The van der Waals surface area contributed by atoms with E-state index in [0.29, 0.717) is 0 Å². The molecule has 96 valence electrons. The van der Waals surface area contributed by atoms with E-state index in [1.54, 1.807) is 0 Å². The fourth-order valence-corrected chi connectivity index (χ4v) is 1.78. The van der Waals surface area contributed by atoms with E-state index in [0.717, 1.165) is 13.2 Å². The zero-order chi connectivity index (χ0) is 11.9. The molecule has 2 heteroatoms. The molecule has 0 fully saturated rings. The zero-order valence-corrected chi connectivity index (χ0v) is 12.1. The molecule has 0 bridgehead atoms. The quantitative estimate of drug-likeness (QED) is 0.277. The molecule has 0 radical (unpaired) electrons. The lowest BCUT2D eigenvalue weighted by Gasteiger charge is -2.02. The van der Waals surface area contributed by atoms with Crippen molar-refractivity contribution in [2.24, 2.45) is 0 Å². The molecule has 0 aliphatic carbocycles. The largest absolute Gasteiger partial charge is 0.381 e. The van der Waals surface area contributed by atoms with E-state index in [-0.39, 0.29) is 0 Å². The molecule has 0 aromatic carbocycles. The SMILES string of the molecule is CCCC=CCCCCOCCCCCP. The Kier molecular flexibility index (Phi) is 15.3. The van der Waals surface area contributed by atoms with Crippen LogP contribution in [0.5, 0.6) is 0 Å². The summed E-state index contributed by atoms with van der Waals surface area (Å²) in [6, 6.07) is 0. The first kappa shape index (κ1) is 16.1. The monoisotopic (exact) mass is 244 g/mol. The van der Waals surface area contributed by atoms with Crippen LogP contribution in [0.4, 0.5) is 0 Å². The Balaban J connectivity index is 2.93. The molecule has 0 heterocycles. The molecule has 0 spiro atoms. The van der Waals surface area contributed by atoms with Gasteiger partial charge in [-0.05, 0) is 44.7 Å². The molecule has 0 N–H and O–H groups in total. The third kappa shape index (κ3) is 14.1. The molecule has 0 amide bonds. The van der Waals surface area contributed by atoms with Gasteiger partial charge in [0.25, 0.3) is 0 Å². The van der Waals surface area contributed by atoms with Crippen molar-refractivity contribution in [2.75, 3.05) is 19.4 Å². The highest BCUT2D eigenvalue weighted by Crippen LogP contribution is 2.01. The molecule has 1 atom stereocenters. The van der Waals surface area contributed by atoms with Crippen LogP contribution in [0.1, 0.15) is 58.3 Å². The molecule has 1 unspecified atom stereocenters. The van der Waals surface area contributed by atoms with Gasteiger partial charge in [-0.3, -0.25) is 0 Å². The summed E-state index contributed by atoms with van der Waals surface area (Å²) in [7, 11) is 2.77. The first-order chi connectivity index (χ1) is 7.91. The van der Waals surface area contributed by atoms with Crippen LogP contribution in [0, 0.1) is 0 Å². The summed E-state index contributed by atoms with van der Waals surface area (Å²) in [4.78, 5) is 0. The predicted molar refractivity (Wildman–Crippen MR) is 77.1 cm³/mol. The van der Waals surface area contributed by atoms with E-state index < -0.39 is 0 Å².